The van der Waals surface area contributed by atoms with E-state index in [2.05, 4.69) is 35.3 Å². The molecule has 0 bridgehead atoms. The lowest BCUT2D eigenvalue weighted by Gasteiger charge is -2.20. The van der Waals surface area contributed by atoms with Crippen LogP contribution in [0, 0.1) is 0 Å². The predicted octanol–water partition coefficient (Wildman–Crippen LogP) is 2.44. The van der Waals surface area contributed by atoms with Crippen molar-refractivity contribution in [2.75, 3.05) is 13.6 Å². The third-order valence-corrected chi connectivity index (χ3v) is 3.84. The Morgan fingerprint density at radius 1 is 1.33 bits per heavy atom. The molecule has 1 heterocycles. The number of imidazole rings is 1. The summed E-state index contributed by atoms with van der Waals surface area (Å²) in [6.07, 6.45) is 1.19. The molecule has 128 valence electrons. The molecule has 0 aliphatic carbocycles. The van der Waals surface area contributed by atoms with Crippen molar-refractivity contribution >= 4 is 22.8 Å². The number of nitrogens with zero attached hydrogens (tertiary/aromatic N) is 3. The van der Waals surface area contributed by atoms with Gasteiger partial charge in [-0.05, 0) is 39.0 Å². The Hall–Kier alpha value is -2.63. The monoisotopic (exact) mass is 328 g/mol. The van der Waals surface area contributed by atoms with Crippen LogP contribution in [0.4, 0.5) is 0 Å². The Morgan fingerprint density at radius 3 is 2.62 bits per heavy atom. The van der Waals surface area contributed by atoms with Crippen LogP contribution in [0.5, 0.6) is 0 Å². The number of benzene rings is 1. The summed E-state index contributed by atoms with van der Waals surface area (Å²) in [6, 6.07) is 7.87. The molecule has 2 aromatic rings. The van der Waals surface area contributed by atoms with Crippen molar-refractivity contribution in [3.63, 3.8) is 0 Å². The molecule has 2 rings (SSSR count). The fourth-order valence-corrected chi connectivity index (χ4v) is 2.71. The summed E-state index contributed by atoms with van der Waals surface area (Å²) in [7, 11) is 1.57. The molecule has 0 aliphatic heterocycles. The molecular weight excluding hydrogens is 304 g/mol. The molecule has 0 saturated carbocycles. The van der Waals surface area contributed by atoms with E-state index in [1.165, 1.54) is 11.0 Å². The number of para-hydroxylation sites is 2. The first-order chi connectivity index (χ1) is 11.3. The first-order valence-electron chi connectivity index (χ1n) is 7.99. The van der Waals surface area contributed by atoms with E-state index >= 15 is 0 Å². The molecule has 2 amide bonds. The number of hydrogen-bond donors (Lipinski definition) is 1. The average Bonchev–Trinajstić information content (AvgIpc) is 2.93. The zero-order valence-electron chi connectivity index (χ0n) is 14.6. The molecule has 0 fully saturated rings. The topological polar surface area (TPSA) is 67.2 Å². The van der Waals surface area contributed by atoms with Gasteiger partial charge in [-0.15, -0.1) is 0 Å². The second-order valence-corrected chi connectivity index (χ2v) is 6.11. The summed E-state index contributed by atoms with van der Waals surface area (Å²) in [5, 5.41) is 2.91. The third-order valence-electron chi connectivity index (χ3n) is 3.84. The van der Waals surface area contributed by atoms with E-state index < -0.39 is 0 Å². The molecule has 0 saturated heterocycles. The second-order valence-electron chi connectivity index (χ2n) is 6.11. The van der Waals surface area contributed by atoms with Gasteiger partial charge in [-0.3, -0.25) is 9.59 Å². The van der Waals surface area contributed by atoms with Crippen molar-refractivity contribution in [3.8, 4) is 0 Å². The predicted molar refractivity (Wildman–Crippen MR) is 94.5 cm³/mol. The van der Waals surface area contributed by atoms with Gasteiger partial charge >= 0.3 is 0 Å². The van der Waals surface area contributed by atoms with E-state index in [9.17, 15) is 9.59 Å². The van der Waals surface area contributed by atoms with Gasteiger partial charge in [0.1, 0.15) is 5.82 Å². The number of carbonyl (C=O) groups is 2. The van der Waals surface area contributed by atoms with E-state index in [0.29, 0.717) is 0 Å². The molecule has 6 nitrogen and oxygen atoms in total. The molecule has 1 atom stereocenters. The van der Waals surface area contributed by atoms with E-state index in [1.807, 2.05) is 31.2 Å². The van der Waals surface area contributed by atoms with Crippen LogP contribution in [0.2, 0.25) is 0 Å². The molecular formula is C18H24N4O2. The largest absolute Gasteiger partial charge is 0.345 e. The van der Waals surface area contributed by atoms with Crippen molar-refractivity contribution in [1.82, 2.24) is 19.8 Å². The molecule has 1 unspecified atom stereocenters. The van der Waals surface area contributed by atoms with Gasteiger partial charge in [-0.1, -0.05) is 18.7 Å². The fourth-order valence-electron chi connectivity index (χ4n) is 2.71. The fraction of sp³-hybridized carbons (Fsp3) is 0.389. The lowest BCUT2D eigenvalue weighted by Crippen LogP contribution is -2.39. The van der Waals surface area contributed by atoms with Gasteiger partial charge in [0, 0.05) is 13.1 Å². The van der Waals surface area contributed by atoms with Crippen LogP contribution < -0.4 is 5.32 Å². The maximum atomic E-state index is 12.2. The number of fused-ring (bicyclic) bond motifs is 1. The molecule has 24 heavy (non-hydrogen) atoms. The SMILES string of the molecule is C=CC(=O)N(C)CC(=O)NC(C)c1nc2ccccc2n1C(C)C. The summed E-state index contributed by atoms with van der Waals surface area (Å²) in [6.45, 7) is 9.47. The van der Waals surface area contributed by atoms with E-state index in [4.69, 9.17) is 0 Å². The maximum Gasteiger partial charge on any atom is 0.246 e. The average molecular weight is 328 g/mol. The summed E-state index contributed by atoms with van der Waals surface area (Å²) in [5.74, 6) is 0.284. The maximum absolute atomic E-state index is 12.2. The molecule has 0 spiro atoms. The van der Waals surface area contributed by atoms with Crippen LogP contribution in [-0.4, -0.2) is 39.9 Å². The molecule has 0 aliphatic rings. The smallest absolute Gasteiger partial charge is 0.246 e. The van der Waals surface area contributed by atoms with Gasteiger partial charge < -0.3 is 14.8 Å². The molecule has 0 radical (unpaired) electrons. The van der Waals surface area contributed by atoms with Gasteiger partial charge in [0.2, 0.25) is 11.8 Å². The first kappa shape index (κ1) is 17.7. The lowest BCUT2D eigenvalue weighted by atomic mass is 10.2. The number of nitrogens with one attached hydrogen (secondary N) is 1. The van der Waals surface area contributed by atoms with Crippen molar-refractivity contribution < 1.29 is 9.59 Å². The minimum Gasteiger partial charge on any atom is -0.345 e. The summed E-state index contributed by atoms with van der Waals surface area (Å²) in [5.41, 5.74) is 1.95. The first-order valence-corrected chi connectivity index (χ1v) is 7.99. The Kier molecular flexibility index (Phi) is 5.39. The number of aromatic nitrogens is 2. The highest BCUT2D eigenvalue weighted by atomic mass is 16.2. The Labute approximate surface area is 142 Å². The highest BCUT2D eigenvalue weighted by Gasteiger charge is 2.20. The summed E-state index contributed by atoms with van der Waals surface area (Å²) in [4.78, 5) is 29.6. The van der Waals surface area contributed by atoms with Gasteiger partial charge in [0.05, 0.1) is 23.6 Å². The quantitative estimate of drug-likeness (QED) is 0.828. The second kappa shape index (κ2) is 7.29. The van der Waals surface area contributed by atoms with E-state index in [-0.39, 0.29) is 30.4 Å². The molecule has 1 aromatic heterocycles. The number of rotatable bonds is 6. The Morgan fingerprint density at radius 2 is 2.00 bits per heavy atom. The number of hydrogen-bond acceptors (Lipinski definition) is 3. The Bertz CT molecular complexity index is 763. The minimum absolute atomic E-state index is 0.0168. The van der Waals surface area contributed by atoms with E-state index in [1.54, 1.807) is 7.05 Å². The molecule has 1 aromatic carbocycles. The highest BCUT2D eigenvalue weighted by Crippen LogP contribution is 2.24. The van der Waals surface area contributed by atoms with Crippen LogP contribution in [-0.2, 0) is 9.59 Å². The van der Waals surface area contributed by atoms with Gasteiger partial charge in [-0.2, -0.15) is 0 Å². The van der Waals surface area contributed by atoms with Gasteiger partial charge in [-0.25, -0.2) is 4.98 Å². The van der Waals surface area contributed by atoms with Crippen LogP contribution in [0.3, 0.4) is 0 Å². The van der Waals surface area contributed by atoms with E-state index in [0.717, 1.165) is 16.9 Å². The Balaban J connectivity index is 2.20. The van der Waals surface area contributed by atoms with Crippen LogP contribution in [0.1, 0.15) is 38.7 Å². The summed E-state index contributed by atoms with van der Waals surface area (Å²) < 4.78 is 2.12. The lowest BCUT2D eigenvalue weighted by molar-refractivity contribution is -0.131. The van der Waals surface area contributed by atoms with Crippen molar-refractivity contribution in [2.45, 2.75) is 32.9 Å². The van der Waals surface area contributed by atoms with Crippen LogP contribution in [0.15, 0.2) is 36.9 Å². The van der Waals surface area contributed by atoms with Crippen molar-refractivity contribution in [2.24, 2.45) is 0 Å². The highest BCUT2D eigenvalue weighted by molar-refractivity contribution is 5.90. The molecule has 1 N–H and O–H groups in total. The number of amides is 2. The van der Waals surface area contributed by atoms with Gasteiger partial charge in [0.25, 0.3) is 0 Å². The van der Waals surface area contributed by atoms with Crippen LogP contribution >= 0.6 is 0 Å². The standard InChI is InChI=1S/C18H24N4O2/c1-6-17(24)21(5)11-16(23)19-13(4)18-20-14-9-7-8-10-15(14)22(18)12(2)3/h6-10,12-13H,1,11H2,2-5H3,(H,19,23). The zero-order chi connectivity index (χ0) is 17.9. The number of likely N-dealkylation sites (N-methyl/N-ethyl adjacent to an activating group) is 1. The molecule has 6 heteroatoms. The third kappa shape index (κ3) is 3.64. The van der Waals surface area contributed by atoms with Crippen molar-refractivity contribution in [3.05, 3.63) is 42.7 Å². The number of carbonyl (C=O) groups excluding carboxylic acids is 2. The zero-order valence-corrected chi connectivity index (χ0v) is 14.6. The minimum atomic E-state index is -0.285. The van der Waals surface area contributed by atoms with Crippen molar-refractivity contribution in [1.29, 1.82) is 0 Å². The normalized spacial score (nSPS) is 12.2. The van der Waals surface area contributed by atoms with Crippen LogP contribution in [0.25, 0.3) is 11.0 Å². The van der Waals surface area contributed by atoms with Gasteiger partial charge in [0.15, 0.2) is 0 Å². The summed E-state index contributed by atoms with van der Waals surface area (Å²) >= 11 is 0.